The molecule has 1 N–H and O–H groups in total. The summed E-state index contributed by atoms with van der Waals surface area (Å²) in [4.78, 5) is 0. The van der Waals surface area contributed by atoms with Crippen molar-refractivity contribution in [1.29, 1.82) is 0 Å². The van der Waals surface area contributed by atoms with Crippen LogP contribution in [0.3, 0.4) is 0 Å². The van der Waals surface area contributed by atoms with Crippen LogP contribution in [0.15, 0.2) is 43.9 Å². The van der Waals surface area contributed by atoms with Crippen LogP contribution in [0.4, 0.5) is 0 Å². The number of benzene rings is 1. The van der Waals surface area contributed by atoms with E-state index in [-0.39, 0.29) is 0 Å². The molecule has 0 amide bonds. The average Bonchev–Trinajstić information content (AvgIpc) is 2.83. The second-order valence-corrected chi connectivity index (χ2v) is 6.54. The van der Waals surface area contributed by atoms with E-state index in [1.807, 2.05) is 24.3 Å². The van der Waals surface area contributed by atoms with Crippen molar-refractivity contribution < 1.29 is 9.15 Å². The van der Waals surface area contributed by atoms with E-state index in [1.54, 1.807) is 6.26 Å². The second kappa shape index (κ2) is 7.29. The van der Waals surface area contributed by atoms with Crippen molar-refractivity contribution in [1.82, 2.24) is 5.32 Å². The zero-order valence-electron chi connectivity index (χ0n) is 11.5. The molecule has 0 aliphatic carbocycles. The van der Waals surface area contributed by atoms with Gasteiger partial charge < -0.3 is 14.5 Å². The highest BCUT2D eigenvalue weighted by Gasteiger charge is 2.09. The van der Waals surface area contributed by atoms with Crippen LogP contribution >= 0.6 is 31.9 Å². The van der Waals surface area contributed by atoms with Crippen molar-refractivity contribution in [3.63, 3.8) is 0 Å². The standard InChI is InChI=1S/C15H17Br2NO2/c1-10(2)18-8-11-5-6-19-15(11)9-20-14-4-3-12(16)7-13(14)17/h3-7,10,18H,8-9H2,1-2H3. The van der Waals surface area contributed by atoms with E-state index in [4.69, 9.17) is 9.15 Å². The summed E-state index contributed by atoms with van der Waals surface area (Å²) < 4.78 is 13.2. The largest absolute Gasteiger partial charge is 0.484 e. The molecule has 0 aliphatic rings. The third kappa shape index (κ3) is 4.36. The van der Waals surface area contributed by atoms with Crippen molar-refractivity contribution in [2.45, 2.75) is 33.0 Å². The lowest BCUT2D eigenvalue weighted by Crippen LogP contribution is -2.22. The van der Waals surface area contributed by atoms with Crippen LogP contribution in [-0.2, 0) is 13.2 Å². The van der Waals surface area contributed by atoms with Gasteiger partial charge in [0.15, 0.2) is 0 Å². The van der Waals surface area contributed by atoms with E-state index in [9.17, 15) is 0 Å². The molecule has 0 bridgehead atoms. The van der Waals surface area contributed by atoms with Gasteiger partial charge in [-0.1, -0.05) is 29.8 Å². The molecule has 2 aromatic rings. The number of rotatable bonds is 6. The quantitative estimate of drug-likeness (QED) is 0.747. The Morgan fingerprint density at radius 1 is 1.25 bits per heavy atom. The molecule has 5 heteroatoms. The Kier molecular flexibility index (Phi) is 5.69. The molecule has 20 heavy (non-hydrogen) atoms. The summed E-state index contributed by atoms with van der Waals surface area (Å²) in [5.41, 5.74) is 1.13. The van der Waals surface area contributed by atoms with Crippen molar-refractivity contribution in [2.24, 2.45) is 0 Å². The monoisotopic (exact) mass is 401 g/mol. The molecular weight excluding hydrogens is 386 g/mol. The van der Waals surface area contributed by atoms with Crippen LogP contribution in [0, 0.1) is 0 Å². The summed E-state index contributed by atoms with van der Waals surface area (Å²) in [5, 5.41) is 3.37. The molecular formula is C15H17Br2NO2. The summed E-state index contributed by atoms with van der Waals surface area (Å²) in [5.74, 6) is 1.65. The molecule has 0 saturated carbocycles. The molecule has 1 aromatic heterocycles. The first-order chi connectivity index (χ1) is 9.56. The fraction of sp³-hybridized carbons (Fsp3) is 0.333. The minimum Gasteiger partial charge on any atom is -0.484 e. The smallest absolute Gasteiger partial charge is 0.146 e. The molecule has 3 nitrogen and oxygen atoms in total. The number of furan rings is 1. The number of halogens is 2. The van der Waals surface area contributed by atoms with Crippen LogP contribution in [0.1, 0.15) is 25.2 Å². The fourth-order valence-corrected chi connectivity index (χ4v) is 2.86. The van der Waals surface area contributed by atoms with Gasteiger partial charge in [-0.25, -0.2) is 0 Å². The van der Waals surface area contributed by atoms with Crippen molar-refractivity contribution in [3.05, 3.63) is 50.8 Å². The molecule has 0 aliphatic heterocycles. The van der Waals surface area contributed by atoms with Crippen LogP contribution in [0.2, 0.25) is 0 Å². The number of nitrogens with one attached hydrogen (secondary N) is 1. The SMILES string of the molecule is CC(C)NCc1ccoc1COc1ccc(Br)cc1Br. The first-order valence-electron chi connectivity index (χ1n) is 6.42. The van der Waals surface area contributed by atoms with Crippen LogP contribution in [0.5, 0.6) is 5.75 Å². The zero-order valence-corrected chi connectivity index (χ0v) is 14.6. The Morgan fingerprint density at radius 3 is 2.75 bits per heavy atom. The van der Waals surface area contributed by atoms with Gasteiger partial charge in [0, 0.05) is 22.6 Å². The Morgan fingerprint density at radius 2 is 2.05 bits per heavy atom. The normalized spacial score (nSPS) is 11.1. The molecule has 0 spiro atoms. The first-order valence-corrected chi connectivity index (χ1v) is 8.01. The van der Waals surface area contributed by atoms with E-state index >= 15 is 0 Å². The van der Waals surface area contributed by atoms with Gasteiger partial charge in [0.2, 0.25) is 0 Å². The summed E-state index contributed by atoms with van der Waals surface area (Å²) in [7, 11) is 0. The van der Waals surface area contributed by atoms with Crippen molar-refractivity contribution in [2.75, 3.05) is 0 Å². The third-order valence-corrected chi connectivity index (χ3v) is 3.90. The van der Waals surface area contributed by atoms with Crippen molar-refractivity contribution >= 4 is 31.9 Å². The van der Waals surface area contributed by atoms with Gasteiger partial charge in [-0.15, -0.1) is 0 Å². The number of ether oxygens (including phenoxy) is 1. The van der Waals surface area contributed by atoms with Gasteiger partial charge in [0.05, 0.1) is 10.7 Å². The highest BCUT2D eigenvalue weighted by molar-refractivity contribution is 9.11. The summed E-state index contributed by atoms with van der Waals surface area (Å²) in [6, 6.07) is 8.25. The maximum Gasteiger partial charge on any atom is 0.146 e. The van der Waals surface area contributed by atoms with Gasteiger partial charge in [-0.05, 0) is 40.2 Å². The molecule has 0 saturated heterocycles. The van der Waals surface area contributed by atoms with E-state index in [0.29, 0.717) is 12.6 Å². The molecule has 0 radical (unpaired) electrons. The van der Waals surface area contributed by atoms with Crippen LogP contribution in [0.25, 0.3) is 0 Å². The molecule has 0 atom stereocenters. The summed E-state index contributed by atoms with van der Waals surface area (Å²) >= 11 is 6.90. The minimum absolute atomic E-state index is 0.419. The van der Waals surface area contributed by atoms with Gasteiger partial charge in [-0.3, -0.25) is 0 Å². The van der Waals surface area contributed by atoms with Gasteiger partial charge in [0.25, 0.3) is 0 Å². The molecule has 1 aromatic carbocycles. The highest BCUT2D eigenvalue weighted by atomic mass is 79.9. The molecule has 0 fully saturated rings. The number of hydrogen-bond acceptors (Lipinski definition) is 3. The first kappa shape index (κ1) is 15.6. The molecule has 108 valence electrons. The van der Waals surface area contributed by atoms with Crippen LogP contribution < -0.4 is 10.1 Å². The van der Waals surface area contributed by atoms with Gasteiger partial charge >= 0.3 is 0 Å². The molecule has 2 rings (SSSR count). The fourth-order valence-electron chi connectivity index (χ4n) is 1.70. The second-order valence-electron chi connectivity index (χ2n) is 4.77. The predicted octanol–water partition coefficient (Wildman–Crippen LogP) is 4.88. The topological polar surface area (TPSA) is 34.4 Å². The average molecular weight is 403 g/mol. The van der Waals surface area contributed by atoms with E-state index < -0.39 is 0 Å². The number of hydrogen-bond donors (Lipinski definition) is 1. The third-order valence-electron chi connectivity index (χ3n) is 2.79. The lowest BCUT2D eigenvalue weighted by molar-refractivity contribution is 0.266. The van der Waals surface area contributed by atoms with Crippen LogP contribution in [-0.4, -0.2) is 6.04 Å². The molecule has 0 unspecified atom stereocenters. The van der Waals surface area contributed by atoms with Crippen molar-refractivity contribution in [3.8, 4) is 5.75 Å². The molecule has 1 heterocycles. The Hall–Kier alpha value is -0.780. The van der Waals surface area contributed by atoms with Gasteiger partial charge in [0.1, 0.15) is 18.1 Å². The Labute approximate surface area is 136 Å². The zero-order chi connectivity index (χ0) is 14.5. The highest BCUT2D eigenvalue weighted by Crippen LogP contribution is 2.29. The lowest BCUT2D eigenvalue weighted by atomic mass is 10.2. The summed E-state index contributed by atoms with van der Waals surface area (Å²) in [6.45, 7) is 5.45. The Bertz CT molecular complexity index is 567. The van der Waals surface area contributed by atoms with E-state index in [2.05, 4.69) is 51.0 Å². The predicted molar refractivity (Wildman–Crippen MR) is 86.9 cm³/mol. The maximum atomic E-state index is 5.79. The minimum atomic E-state index is 0.419. The van der Waals surface area contributed by atoms with E-state index in [0.717, 1.165) is 32.6 Å². The Balaban J connectivity index is 1.98. The van der Waals surface area contributed by atoms with Gasteiger partial charge in [-0.2, -0.15) is 0 Å². The maximum absolute atomic E-state index is 5.79. The lowest BCUT2D eigenvalue weighted by Gasteiger charge is -2.10. The summed E-state index contributed by atoms with van der Waals surface area (Å²) in [6.07, 6.45) is 1.70. The van der Waals surface area contributed by atoms with E-state index in [1.165, 1.54) is 0 Å².